The molecule has 1 fully saturated rings. The molecule has 2 aromatic heterocycles. The largest absolute Gasteiger partial charge is 0.354 e. The molecule has 0 saturated carbocycles. The fourth-order valence-corrected chi connectivity index (χ4v) is 4.71. The van der Waals surface area contributed by atoms with E-state index >= 15 is 0 Å². The molecule has 0 aliphatic carbocycles. The van der Waals surface area contributed by atoms with Gasteiger partial charge in [0, 0.05) is 31.7 Å². The van der Waals surface area contributed by atoms with Crippen LogP contribution in [0, 0.1) is 12.8 Å². The molecule has 1 saturated heterocycles. The van der Waals surface area contributed by atoms with Crippen LogP contribution in [0.5, 0.6) is 0 Å². The van der Waals surface area contributed by atoms with E-state index in [0.717, 1.165) is 66.4 Å². The van der Waals surface area contributed by atoms with Crippen LogP contribution < -0.4 is 10.2 Å². The molecule has 3 aromatic rings. The van der Waals surface area contributed by atoms with Crippen LogP contribution in [0.2, 0.25) is 0 Å². The Kier molecular flexibility index (Phi) is 5.11. The van der Waals surface area contributed by atoms with Crippen LogP contribution in [0.4, 0.5) is 11.5 Å². The number of imidazole rings is 1. The zero-order valence-corrected chi connectivity index (χ0v) is 17.5. The summed E-state index contributed by atoms with van der Waals surface area (Å²) in [6.07, 6.45) is 8.09. The second-order valence-corrected chi connectivity index (χ2v) is 8.50. The third-order valence-electron chi connectivity index (χ3n) is 6.25. The molecule has 2 aliphatic heterocycles. The van der Waals surface area contributed by atoms with Gasteiger partial charge in [-0.2, -0.15) is 0 Å². The zero-order valence-electron chi connectivity index (χ0n) is 17.5. The van der Waals surface area contributed by atoms with E-state index < -0.39 is 0 Å². The van der Waals surface area contributed by atoms with Crippen molar-refractivity contribution < 1.29 is 4.79 Å². The molecule has 1 amide bonds. The van der Waals surface area contributed by atoms with Gasteiger partial charge in [0.15, 0.2) is 17.0 Å². The molecule has 7 heteroatoms. The van der Waals surface area contributed by atoms with E-state index in [1.807, 2.05) is 31.2 Å². The van der Waals surface area contributed by atoms with Crippen molar-refractivity contribution >= 4 is 28.6 Å². The molecule has 0 bridgehead atoms. The number of nitrogens with one attached hydrogen (secondary N) is 1. The fourth-order valence-electron chi connectivity index (χ4n) is 4.71. The Morgan fingerprint density at radius 1 is 1.13 bits per heavy atom. The molecular weight excluding hydrogens is 376 g/mol. The van der Waals surface area contributed by atoms with Gasteiger partial charge >= 0.3 is 0 Å². The number of piperidine rings is 1. The quantitative estimate of drug-likeness (QED) is 0.720. The van der Waals surface area contributed by atoms with Crippen LogP contribution >= 0.6 is 0 Å². The van der Waals surface area contributed by atoms with Crippen molar-refractivity contribution in [2.24, 2.45) is 5.92 Å². The lowest BCUT2D eigenvalue weighted by molar-refractivity contribution is -0.120. The molecular formula is C23H28N6O. The van der Waals surface area contributed by atoms with Gasteiger partial charge in [-0.15, -0.1) is 0 Å². The number of aryl methyl sites for hydroxylation is 3. The molecule has 5 rings (SSSR count). The monoisotopic (exact) mass is 404 g/mol. The summed E-state index contributed by atoms with van der Waals surface area (Å²) in [4.78, 5) is 29.2. The smallest absolute Gasteiger partial charge is 0.229 e. The maximum atomic E-state index is 12.9. The van der Waals surface area contributed by atoms with Crippen LogP contribution in [-0.4, -0.2) is 38.5 Å². The number of benzene rings is 1. The number of hydrogen-bond acceptors (Lipinski definition) is 5. The minimum atomic E-state index is -0.0651. The molecule has 0 spiro atoms. The second kappa shape index (κ2) is 8.05. The Hall–Kier alpha value is -2.96. The zero-order chi connectivity index (χ0) is 20.5. The highest BCUT2D eigenvalue weighted by molar-refractivity contribution is 5.93. The summed E-state index contributed by atoms with van der Waals surface area (Å²) in [6.45, 7) is 4.56. The van der Waals surface area contributed by atoms with Crippen molar-refractivity contribution in [2.75, 3.05) is 23.3 Å². The maximum absolute atomic E-state index is 12.9. The maximum Gasteiger partial charge on any atom is 0.229 e. The van der Waals surface area contributed by atoms with Crippen molar-refractivity contribution in [3.05, 3.63) is 42.0 Å². The van der Waals surface area contributed by atoms with Crippen molar-refractivity contribution in [1.82, 2.24) is 19.5 Å². The number of carbonyl (C=O) groups is 1. The van der Waals surface area contributed by atoms with Crippen molar-refractivity contribution in [3.8, 4) is 0 Å². The number of nitrogens with zero attached hydrogens (tertiary/aromatic N) is 5. The standard InChI is InChI=1S/C23H28N6O/c1-16-7-5-9-18(13-16)26-23(30)17-8-6-11-28(14-17)21-20-22(25-15-24-21)29-12-4-2-3-10-19(29)27-20/h5,7,9,13,15,17H,2-4,6,8,10-12,14H2,1H3,(H,26,30). The highest BCUT2D eigenvalue weighted by atomic mass is 16.1. The normalized spacial score (nSPS) is 19.4. The third-order valence-corrected chi connectivity index (χ3v) is 6.25. The summed E-state index contributed by atoms with van der Waals surface area (Å²) in [5.41, 5.74) is 3.82. The highest BCUT2D eigenvalue weighted by Crippen LogP contribution is 2.29. The number of anilines is 2. The Morgan fingerprint density at radius 3 is 2.97 bits per heavy atom. The Balaban J connectivity index is 1.38. The molecule has 2 aliphatic rings. The number of rotatable bonds is 3. The molecule has 1 unspecified atom stereocenters. The first-order chi connectivity index (χ1) is 14.7. The van der Waals surface area contributed by atoms with Crippen molar-refractivity contribution in [1.29, 1.82) is 0 Å². The molecule has 1 aromatic carbocycles. The van der Waals surface area contributed by atoms with Crippen LogP contribution in [0.25, 0.3) is 11.2 Å². The topological polar surface area (TPSA) is 75.9 Å². The van der Waals surface area contributed by atoms with E-state index in [4.69, 9.17) is 4.98 Å². The van der Waals surface area contributed by atoms with E-state index in [-0.39, 0.29) is 11.8 Å². The minimum absolute atomic E-state index is 0.0651. The summed E-state index contributed by atoms with van der Waals surface area (Å²) in [5, 5.41) is 3.09. The lowest BCUT2D eigenvalue weighted by atomic mass is 9.97. The fraction of sp³-hybridized carbons (Fsp3) is 0.478. The summed E-state index contributed by atoms with van der Waals surface area (Å²) in [5.74, 6) is 2.00. The van der Waals surface area contributed by atoms with Gasteiger partial charge in [0.2, 0.25) is 5.91 Å². The second-order valence-electron chi connectivity index (χ2n) is 8.50. The highest BCUT2D eigenvalue weighted by Gasteiger charge is 2.29. The number of hydrogen-bond donors (Lipinski definition) is 1. The van der Waals surface area contributed by atoms with E-state index in [1.165, 1.54) is 19.3 Å². The van der Waals surface area contributed by atoms with Crippen molar-refractivity contribution in [3.63, 3.8) is 0 Å². The molecule has 7 nitrogen and oxygen atoms in total. The molecule has 1 N–H and O–H groups in total. The summed E-state index contributed by atoms with van der Waals surface area (Å²) in [6, 6.07) is 7.95. The van der Waals surface area contributed by atoms with Gasteiger partial charge in [-0.05, 0) is 50.3 Å². The predicted octanol–water partition coefficient (Wildman–Crippen LogP) is 3.72. The van der Waals surface area contributed by atoms with E-state index in [2.05, 4.69) is 24.8 Å². The van der Waals surface area contributed by atoms with Gasteiger partial charge in [-0.1, -0.05) is 18.6 Å². The van der Waals surface area contributed by atoms with E-state index in [0.29, 0.717) is 6.54 Å². The van der Waals surface area contributed by atoms with Gasteiger partial charge in [-0.3, -0.25) is 4.79 Å². The number of aromatic nitrogens is 4. The molecule has 1 atom stereocenters. The molecule has 4 heterocycles. The van der Waals surface area contributed by atoms with Crippen LogP contribution in [0.3, 0.4) is 0 Å². The summed E-state index contributed by atoms with van der Waals surface area (Å²) in [7, 11) is 0. The first-order valence-corrected chi connectivity index (χ1v) is 11.0. The Bertz CT molecular complexity index is 1070. The van der Waals surface area contributed by atoms with Crippen LogP contribution in [-0.2, 0) is 17.8 Å². The Morgan fingerprint density at radius 2 is 2.07 bits per heavy atom. The third kappa shape index (κ3) is 3.64. The van der Waals surface area contributed by atoms with Gasteiger partial charge in [0.05, 0.1) is 5.92 Å². The molecule has 30 heavy (non-hydrogen) atoms. The summed E-state index contributed by atoms with van der Waals surface area (Å²) < 4.78 is 2.26. The summed E-state index contributed by atoms with van der Waals surface area (Å²) >= 11 is 0. The van der Waals surface area contributed by atoms with E-state index in [9.17, 15) is 4.79 Å². The number of amides is 1. The molecule has 156 valence electrons. The minimum Gasteiger partial charge on any atom is -0.354 e. The average molecular weight is 405 g/mol. The first kappa shape index (κ1) is 19.0. The van der Waals surface area contributed by atoms with Crippen LogP contribution in [0.15, 0.2) is 30.6 Å². The van der Waals surface area contributed by atoms with Gasteiger partial charge in [0.25, 0.3) is 0 Å². The van der Waals surface area contributed by atoms with Crippen molar-refractivity contribution in [2.45, 2.75) is 52.0 Å². The first-order valence-electron chi connectivity index (χ1n) is 11.0. The van der Waals surface area contributed by atoms with Gasteiger partial charge in [0.1, 0.15) is 12.2 Å². The number of fused-ring (bicyclic) bond motifs is 3. The average Bonchev–Trinajstić information content (AvgIpc) is 2.95. The van der Waals surface area contributed by atoms with E-state index in [1.54, 1.807) is 6.33 Å². The number of carbonyl (C=O) groups excluding carboxylic acids is 1. The van der Waals surface area contributed by atoms with Gasteiger partial charge < -0.3 is 14.8 Å². The van der Waals surface area contributed by atoms with Gasteiger partial charge in [-0.25, -0.2) is 15.0 Å². The van der Waals surface area contributed by atoms with Crippen LogP contribution in [0.1, 0.15) is 43.5 Å². The lowest BCUT2D eigenvalue weighted by Crippen LogP contribution is -2.41. The lowest BCUT2D eigenvalue weighted by Gasteiger charge is -2.32. The molecule has 0 radical (unpaired) electrons. The SMILES string of the molecule is Cc1cccc(NC(=O)C2CCCN(c3ncnc4c3nc3n4CCCCC3)C2)c1. The Labute approximate surface area is 176 Å². The predicted molar refractivity (Wildman–Crippen MR) is 118 cm³/mol.